The van der Waals surface area contributed by atoms with E-state index in [1.54, 1.807) is 12.1 Å². The average Bonchev–Trinajstić information content (AvgIpc) is 2.80. The zero-order chi connectivity index (χ0) is 11.4. The van der Waals surface area contributed by atoms with Crippen molar-refractivity contribution in [3.63, 3.8) is 0 Å². The Balaban J connectivity index is 1.93. The molecule has 0 saturated heterocycles. The molecule has 1 aromatic rings. The summed E-state index contributed by atoms with van der Waals surface area (Å²) in [6, 6.07) is 4.92. The highest BCUT2D eigenvalue weighted by molar-refractivity contribution is 6.17. The van der Waals surface area contributed by atoms with Crippen LogP contribution in [0.4, 0.5) is 4.39 Å². The maximum absolute atomic E-state index is 13.5. The summed E-state index contributed by atoms with van der Waals surface area (Å²) in [6.07, 6.45) is 4.98. The molecular formula is C13H16ClFO. The van der Waals surface area contributed by atoms with Gasteiger partial charge in [-0.1, -0.05) is 18.9 Å². The molecule has 88 valence electrons. The lowest BCUT2D eigenvalue weighted by Gasteiger charge is -2.12. The van der Waals surface area contributed by atoms with E-state index >= 15 is 0 Å². The van der Waals surface area contributed by atoms with Gasteiger partial charge in [0.15, 0.2) is 11.6 Å². The molecule has 0 spiro atoms. The minimum absolute atomic E-state index is 0.309. The Labute approximate surface area is 101 Å². The fourth-order valence-corrected chi connectivity index (χ4v) is 2.30. The fourth-order valence-electron chi connectivity index (χ4n) is 2.13. The number of hydrogen-bond acceptors (Lipinski definition) is 1. The van der Waals surface area contributed by atoms with Crippen LogP contribution in [-0.2, 0) is 5.88 Å². The molecule has 1 nitrogen and oxygen atoms in total. The van der Waals surface area contributed by atoms with Gasteiger partial charge in [0.2, 0.25) is 0 Å². The van der Waals surface area contributed by atoms with Crippen LogP contribution in [0.2, 0.25) is 0 Å². The van der Waals surface area contributed by atoms with Crippen molar-refractivity contribution in [2.24, 2.45) is 5.92 Å². The standard InChI is InChI=1S/C13H16ClFO/c14-8-11-5-6-13(12(15)7-11)16-9-10-3-1-2-4-10/h5-7,10H,1-4,8-9H2. The third kappa shape index (κ3) is 2.88. The summed E-state index contributed by atoms with van der Waals surface area (Å²) in [5.74, 6) is 0.976. The van der Waals surface area contributed by atoms with Gasteiger partial charge in [-0.3, -0.25) is 0 Å². The molecule has 0 heterocycles. The Morgan fingerprint density at radius 2 is 2.06 bits per heavy atom. The molecule has 0 N–H and O–H groups in total. The van der Waals surface area contributed by atoms with E-state index < -0.39 is 0 Å². The maximum atomic E-state index is 13.5. The van der Waals surface area contributed by atoms with Crippen molar-refractivity contribution < 1.29 is 9.13 Å². The van der Waals surface area contributed by atoms with Crippen molar-refractivity contribution in [1.29, 1.82) is 0 Å². The van der Waals surface area contributed by atoms with Crippen molar-refractivity contribution >= 4 is 11.6 Å². The lowest BCUT2D eigenvalue weighted by atomic mass is 10.1. The first-order chi connectivity index (χ1) is 7.79. The van der Waals surface area contributed by atoms with E-state index in [0.717, 1.165) is 5.56 Å². The molecule has 0 amide bonds. The number of ether oxygens (including phenoxy) is 1. The average molecular weight is 243 g/mol. The molecule has 0 radical (unpaired) electrons. The molecule has 0 unspecified atom stereocenters. The van der Waals surface area contributed by atoms with Crippen LogP contribution in [0, 0.1) is 11.7 Å². The van der Waals surface area contributed by atoms with Gasteiger partial charge in [0.25, 0.3) is 0 Å². The number of halogens is 2. The van der Waals surface area contributed by atoms with Crippen molar-refractivity contribution in [2.45, 2.75) is 31.6 Å². The first-order valence-electron chi connectivity index (χ1n) is 5.77. The van der Waals surface area contributed by atoms with E-state index in [2.05, 4.69) is 0 Å². The van der Waals surface area contributed by atoms with Gasteiger partial charge >= 0.3 is 0 Å². The van der Waals surface area contributed by atoms with E-state index in [9.17, 15) is 4.39 Å². The zero-order valence-electron chi connectivity index (χ0n) is 9.22. The molecule has 16 heavy (non-hydrogen) atoms. The largest absolute Gasteiger partial charge is 0.490 e. The Hall–Kier alpha value is -0.760. The summed E-state index contributed by atoms with van der Waals surface area (Å²) >= 11 is 5.62. The third-order valence-corrected chi connectivity index (χ3v) is 3.41. The molecular weight excluding hydrogens is 227 g/mol. The summed E-state index contributed by atoms with van der Waals surface area (Å²) in [4.78, 5) is 0. The maximum Gasteiger partial charge on any atom is 0.165 e. The van der Waals surface area contributed by atoms with Crippen LogP contribution in [0.1, 0.15) is 31.2 Å². The lowest BCUT2D eigenvalue weighted by Crippen LogP contribution is -2.08. The third-order valence-electron chi connectivity index (χ3n) is 3.10. The molecule has 0 bridgehead atoms. The van der Waals surface area contributed by atoms with Gasteiger partial charge < -0.3 is 4.74 Å². The Kier molecular flexibility index (Phi) is 4.05. The van der Waals surface area contributed by atoms with Crippen molar-refractivity contribution in [2.75, 3.05) is 6.61 Å². The van der Waals surface area contributed by atoms with Crippen LogP contribution in [-0.4, -0.2) is 6.61 Å². The molecule has 0 aromatic heterocycles. The molecule has 1 fully saturated rings. The monoisotopic (exact) mass is 242 g/mol. The van der Waals surface area contributed by atoms with Crippen LogP contribution >= 0.6 is 11.6 Å². The minimum atomic E-state index is -0.309. The van der Waals surface area contributed by atoms with Crippen LogP contribution in [0.5, 0.6) is 5.75 Å². The van der Waals surface area contributed by atoms with Gasteiger partial charge in [0.05, 0.1) is 6.61 Å². The van der Waals surface area contributed by atoms with Gasteiger partial charge in [-0.25, -0.2) is 4.39 Å². The molecule has 1 aliphatic rings. The Bertz CT molecular complexity index is 348. The number of rotatable bonds is 4. The summed E-state index contributed by atoms with van der Waals surface area (Å²) in [7, 11) is 0. The zero-order valence-corrected chi connectivity index (χ0v) is 9.97. The summed E-state index contributed by atoms with van der Waals surface area (Å²) in [6.45, 7) is 0.636. The highest BCUT2D eigenvalue weighted by Gasteiger charge is 2.16. The number of hydrogen-bond donors (Lipinski definition) is 0. The second kappa shape index (κ2) is 5.53. The summed E-state index contributed by atoms with van der Waals surface area (Å²) in [5, 5.41) is 0. The topological polar surface area (TPSA) is 9.23 Å². The number of alkyl halides is 1. The Morgan fingerprint density at radius 1 is 1.31 bits per heavy atom. The highest BCUT2D eigenvalue weighted by atomic mass is 35.5. The van der Waals surface area contributed by atoms with Crippen molar-refractivity contribution in [3.8, 4) is 5.75 Å². The summed E-state index contributed by atoms with van der Waals surface area (Å²) in [5.41, 5.74) is 0.785. The number of benzene rings is 1. The summed E-state index contributed by atoms with van der Waals surface area (Å²) < 4.78 is 19.0. The predicted molar refractivity (Wildman–Crippen MR) is 63.4 cm³/mol. The van der Waals surface area contributed by atoms with E-state index in [-0.39, 0.29) is 5.82 Å². The van der Waals surface area contributed by atoms with E-state index in [4.69, 9.17) is 16.3 Å². The molecule has 2 rings (SSSR count). The molecule has 1 aromatic carbocycles. The second-order valence-corrected chi connectivity index (χ2v) is 4.63. The second-order valence-electron chi connectivity index (χ2n) is 4.36. The molecule has 3 heteroatoms. The van der Waals surface area contributed by atoms with Crippen molar-refractivity contribution in [1.82, 2.24) is 0 Å². The lowest BCUT2D eigenvalue weighted by molar-refractivity contribution is 0.242. The SMILES string of the molecule is Fc1cc(CCl)ccc1OCC1CCCC1. The van der Waals surface area contributed by atoms with Crippen LogP contribution in [0.3, 0.4) is 0 Å². The molecule has 1 saturated carbocycles. The van der Waals surface area contributed by atoms with Gasteiger partial charge in [0, 0.05) is 5.88 Å². The normalized spacial score (nSPS) is 16.6. The smallest absolute Gasteiger partial charge is 0.165 e. The molecule has 0 atom stereocenters. The van der Waals surface area contributed by atoms with E-state index in [0.29, 0.717) is 24.2 Å². The highest BCUT2D eigenvalue weighted by Crippen LogP contribution is 2.26. The first kappa shape index (κ1) is 11.7. The quantitative estimate of drug-likeness (QED) is 0.722. The minimum Gasteiger partial charge on any atom is -0.490 e. The van der Waals surface area contributed by atoms with Gasteiger partial charge in [-0.05, 0) is 36.5 Å². The molecule has 1 aliphatic carbocycles. The Morgan fingerprint density at radius 3 is 2.69 bits per heavy atom. The van der Waals surface area contributed by atoms with Crippen LogP contribution in [0.15, 0.2) is 18.2 Å². The first-order valence-corrected chi connectivity index (χ1v) is 6.30. The van der Waals surface area contributed by atoms with Gasteiger partial charge in [-0.2, -0.15) is 0 Å². The van der Waals surface area contributed by atoms with Crippen LogP contribution < -0.4 is 4.74 Å². The fraction of sp³-hybridized carbons (Fsp3) is 0.538. The van der Waals surface area contributed by atoms with Gasteiger partial charge in [-0.15, -0.1) is 11.6 Å². The van der Waals surface area contributed by atoms with Crippen molar-refractivity contribution in [3.05, 3.63) is 29.6 Å². The van der Waals surface area contributed by atoms with E-state index in [1.807, 2.05) is 0 Å². The van der Waals surface area contributed by atoms with E-state index in [1.165, 1.54) is 31.7 Å². The van der Waals surface area contributed by atoms with Crippen LogP contribution in [0.25, 0.3) is 0 Å². The predicted octanol–water partition coefficient (Wildman–Crippen LogP) is 4.13. The molecule has 0 aliphatic heterocycles. The van der Waals surface area contributed by atoms with Gasteiger partial charge in [0.1, 0.15) is 0 Å².